The number of benzene rings is 2. The zero-order chi connectivity index (χ0) is 14.9. The highest BCUT2D eigenvalue weighted by Gasteiger charge is 2.11. The summed E-state index contributed by atoms with van der Waals surface area (Å²) in [6, 6.07) is 6.52. The number of rotatable bonds is 3. The number of sulfone groups is 1. The summed E-state index contributed by atoms with van der Waals surface area (Å²) in [7, 11) is -3.46. The number of ether oxygens (including phenoxy) is 1. The van der Waals surface area contributed by atoms with E-state index in [9.17, 15) is 17.2 Å². The number of hydrogen-bond donors (Lipinski definition) is 1. The van der Waals surface area contributed by atoms with Crippen LogP contribution in [0.2, 0.25) is 0 Å². The predicted octanol–water partition coefficient (Wildman–Crippen LogP) is 2.74. The van der Waals surface area contributed by atoms with Crippen LogP contribution in [0.15, 0.2) is 41.3 Å². The monoisotopic (exact) mass is 299 g/mol. The van der Waals surface area contributed by atoms with Crippen LogP contribution in [-0.2, 0) is 9.84 Å². The van der Waals surface area contributed by atoms with Crippen LogP contribution >= 0.6 is 0 Å². The molecule has 106 valence electrons. The Labute approximate surface area is 114 Å². The molecule has 2 N–H and O–H groups in total. The highest BCUT2D eigenvalue weighted by molar-refractivity contribution is 7.90. The van der Waals surface area contributed by atoms with Crippen molar-refractivity contribution < 1.29 is 21.9 Å². The lowest BCUT2D eigenvalue weighted by atomic mass is 10.3. The zero-order valence-electron chi connectivity index (χ0n) is 10.4. The highest BCUT2D eigenvalue weighted by atomic mass is 32.2. The molecule has 0 saturated carbocycles. The Balaban J connectivity index is 2.41. The summed E-state index contributed by atoms with van der Waals surface area (Å²) in [5, 5.41) is 0. The molecular formula is C13H11F2NO3S. The van der Waals surface area contributed by atoms with Crippen LogP contribution in [-0.4, -0.2) is 14.7 Å². The summed E-state index contributed by atoms with van der Waals surface area (Å²) in [5.41, 5.74) is 5.74. The molecule has 7 heteroatoms. The standard InChI is InChI=1S/C13H11F2NO3S/c1-20(17,18)13-6-10(16)5-12(7-13)19-11-3-8(14)2-9(15)4-11/h2-7H,16H2,1H3. The van der Waals surface area contributed by atoms with Gasteiger partial charge in [-0.25, -0.2) is 17.2 Å². The third kappa shape index (κ3) is 3.45. The molecule has 0 aromatic heterocycles. The number of anilines is 1. The second-order valence-corrected chi connectivity index (χ2v) is 6.23. The van der Waals surface area contributed by atoms with Gasteiger partial charge >= 0.3 is 0 Å². The summed E-state index contributed by atoms with van der Waals surface area (Å²) < 4.78 is 54.2. The van der Waals surface area contributed by atoms with Crippen molar-refractivity contribution in [3.05, 3.63) is 48.0 Å². The van der Waals surface area contributed by atoms with E-state index in [1.807, 2.05) is 0 Å². The molecule has 0 saturated heterocycles. The molecule has 0 unspecified atom stereocenters. The second-order valence-electron chi connectivity index (χ2n) is 4.22. The van der Waals surface area contributed by atoms with Gasteiger partial charge in [0.25, 0.3) is 0 Å². The molecule has 0 heterocycles. The van der Waals surface area contributed by atoms with Crippen molar-refractivity contribution >= 4 is 15.5 Å². The molecule has 2 rings (SSSR count). The Morgan fingerprint density at radius 3 is 2.05 bits per heavy atom. The lowest BCUT2D eigenvalue weighted by molar-refractivity contribution is 0.467. The van der Waals surface area contributed by atoms with E-state index >= 15 is 0 Å². The molecule has 2 aromatic rings. The minimum atomic E-state index is -3.46. The van der Waals surface area contributed by atoms with Crippen LogP contribution in [0, 0.1) is 11.6 Å². The van der Waals surface area contributed by atoms with Gasteiger partial charge in [0, 0.05) is 36.2 Å². The van der Waals surface area contributed by atoms with Gasteiger partial charge in [0.05, 0.1) is 4.90 Å². The first kappa shape index (κ1) is 14.3. The van der Waals surface area contributed by atoms with Crippen molar-refractivity contribution in [2.24, 2.45) is 0 Å². The Hall–Kier alpha value is -2.15. The van der Waals surface area contributed by atoms with Gasteiger partial charge in [-0.2, -0.15) is 0 Å². The third-order valence-electron chi connectivity index (χ3n) is 2.40. The lowest BCUT2D eigenvalue weighted by Crippen LogP contribution is -1.99. The maximum absolute atomic E-state index is 13.0. The highest BCUT2D eigenvalue weighted by Crippen LogP contribution is 2.28. The average molecular weight is 299 g/mol. The lowest BCUT2D eigenvalue weighted by Gasteiger charge is -2.09. The van der Waals surface area contributed by atoms with Gasteiger partial charge in [-0.05, 0) is 12.1 Å². The summed E-state index contributed by atoms with van der Waals surface area (Å²) in [4.78, 5) is -0.0376. The van der Waals surface area contributed by atoms with Gasteiger partial charge < -0.3 is 10.5 Å². The van der Waals surface area contributed by atoms with E-state index < -0.39 is 21.5 Å². The van der Waals surface area contributed by atoms with Crippen LogP contribution in [0.1, 0.15) is 0 Å². The van der Waals surface area contributed by atoms with E-state index in [0.717, 1.165) is 18.4 Å². The average Bonchev–Trinajstić information content (AvgIpc) is 2.25. The maximum atomic E-state index is 13.0. The van der Waals surface area contributed by atoms with Crippen molar-refractivity contribution in [1.29, 1.82) is 0 Å². The third-order valence-corrected chi connectivity index (χ3v) is 3.49. The quantitative estimate of drug-likeness (QED) is 0.885. The van der Waals surface area contributed by atoms with Crippen molar-refractivity contribution in [2.75, 3.05) is 12.0 Å². The molecule has 0 aliphatic rings. The van der Waals surface area contributed by atoms with E-state index in [1.165, 1.54) is 18.2 Å². The van der Waals surface area contributed by atoms with E-state index in [1.54, 1.807) is 0 Å². The van der Waals surface area contributed by atoms with E-state index in [2.05, 4.69) is 0 Å². The van der Waals surface area contributed by atoms with Crippen molar-refractivity contribution in [3.8, 4) is 11.5 Å². The molecule has 0 spiro atoms. The van der Waals surface area contributed by atoms with Crippen LogP contribution in [0.25, 0.3) is 0 Å². The first-order chi connectivity index (χ1) is 9.24. The molecule has 0 aliphatic carbocycles. The first-order valence-corrected chi connectivity index (χ1v) is 7.38. The summed E-state index contributed by atoms with van der Waals surface area (Å²) >= 11 is 0. The summed E-state index contributed by atoms with van der Waals surface area (Å²) in [6.45, 7) is 0. The van der Waals surface area contributed by atoms with Crippen molar-refractivity contribution in [1.82, 2.24) is 0 Å². The normalized spacial score (nSPS) is 11.3. The van der Waals surface area contributed by atoms with E-state index in [4.69, 9.17) is 10.5 Å². The van der Waals surface area contributed by atoms with Crippen LogP contribution in [0.4, 0.5) is 14.5 Å². The Morgan fingerprint density at radius 1 is 0.950 bits per heavy atom. The molecule has 0 radical (unpaired) electrons. The van der Waals surface area contributed by atoms with Crippen LogP contribution in [0.3, 0.4) is 0 Å². The smallest absolute Gasteiger partial charge is 0.175 e. The maximum Gasteiger partial charge on any atom is 0.175 e. The second kappa shape index (κ2) is 5.09. The van der Waals surface area contributed by atoms with Gasteiger partial charge in [-0.3, -0.25) is 0 Å². The minimum Gasteiger partial charge on any atom is -0.457 e. The van der Waals surface area contributed by atoms with Crippen LogP contribution < -0.4 is 10.5 Å². The van der Waals surface area contributed by atoms with Gasteiger partial charge in [-0.1, -0.05) is 0 Å². The number of nitrogens with two attached hydrogens (primary N) is 1. The molecule has 0 aliphatic heterocycles. The fourth-order valence-corrected chi connectivity index (χ4v) is 2.27. The van der Waals surface area contributed by atoms with Gasteiger partial charge in [0.15, 0.2) is 9.84 Å². The van der Waals surface area contributed by atoms with Gasteiger partial charge in [-0.15, -0.1) is 0 Å². The molecular weight excluding hydrogens is 288 g/mol. The SMILES string of the molecule is CS(=O)(=O)c1cc(N)cc(Oc2cc(F)cc(F)c2)c1. The molecule has 4 nitrogen and oxygen atoms in total. The molecule has 0 bridgehead atoms. The number of hydrogen-bond acceptors (Lipinski definition) is 4. The molecule has 20 heavy (non-hydrogen) atoms. The van der Waals surface area contributed by atoms with Crippen molar-refractivity contribution in [3.63, 3.8) is 0 Å². The molecule has 0 fully saturated rings. The van der Waals surface area contributed by atoms with Crippen molar-refractivity contribution in [2.45, 2.75) is 4.90 Å². The van der Waals surface area contributed by atoms with Crippen LogP contribution in [0.5, 0.6) is 11.5 Å². The topological polar surface area (TPSA) is 69.4 Å². The summed E-state index contributed by atoms with van der Waals surface area (Å²) in [5.74, 6) is -1.61. The summed E-state index contributed by atoms with van der Waals surface area (Å²) in [6.07, 6.45) is 1.02. The molecule has 0 amide bonds. The number of nitrogen functional groups attached to an aromatic ring is 1. The predicted molar refractivity (Wildman–Crippen MR) is 70.4 cm³/mol. The minimum absolute atomic E-state index is 0.0376. The van der Waals surface area contributed by atoms with Gasteiger partial charge in [0.2, 0.25) is 0 Å². The van der Waals surface area contributed by atoms with E-state index in [-0.39, 0.29) is 22.1 Å². The fraction of sp³-hybridized carbons (Fsp3) is 0.0769. The van der Waals surface area contributed by atoms with E-state index in [0.29, 0.717) is 6.07 Å². The Morgan fingerprint density at radius 2 is 1.50 bits per heavy atom. The largest absolute Gasteiger partial charge is 0.457 e. The Bertz CT molecular complexity index is 740. The van der Waals surface area contributed by atoms with Gasteiger partial charge in [0.1, 0.15) is 23.1 Å². The zero-order valence-corrected chi connectivity index (χ0v) is 11.2. The molecule has 0 atom stereocenters. The fourth-order valence-electron chi connectivity index (χ4n) is 1.59. The number of halogens is 2. The molecule has 2 aromatic carbocycles. The Kier molecular flexibility index (Phi) is 3.63. The first-order valence-electron chi connectivity index (χ1n) is 5.48.